The molecular weight excluding hydrogens is 212 g/mol. The molecule has 0 atom stereocenters. The highest BCUT2D eigenvalue weighted by Crippen LogP contribution is 2.24. The highest BCUT2D eigenvalue weighted by Gasteiger charge is 2.14. The molecule has 1 aromatic carbocycles. The Morgan fingerprint density at radius 1 is 1.18 bits per heavy atom. The Hall–Kier alpha value is -1.35. The number of unbranched alkanes of at least 4 members (excludes halogenated alkanes) is 2. The smallest absolute Gasteiger partial charge is 0.224 e. The van der Waals surface area contributed by atoms with Crippen molar-refractivity contribution in [3.05, 3.63) is 29.3 Å². The lowest BCUT2D eigenvalue weighted by atomic mass is 9.98. The molecule has 0 bridgehead atoms. The number of hydrogen-bond acceptors (Lipinski definition) is 2. The van der Waals surface area contributed by atoms with Crippen LogP contribution in [0.3, 0.4) is 0 Å². The first kappa shape index (κ1) is 12.1. The molecule has 0 saturated carbocycles. The maximum atomic E-state index is 11.2. The lowest BCUT2D eigenvalue weighted by Crippen LogP contribution is -2.18. The van der Waals surface area contributed by atoms with E-state index in [0.717, 1.165) is 31.5 Å². The quantitative estimate of drug-likeness (QED) is 0.765. The maximum Gasteiger partial charge on any atom is 0.224 e. The van der Waals surface area contributed by atoms with E-state index >= 15 is 0 Å². The minimum absolute atomic E-state index is 0.133. The third kappa shape index (κ3) is 3.30. The van der Waals surface area contributed by atoms with Gasteiger partial charge in [0, 0.05) is 12.1 Å². The van der Waals surface area contributed by atoms with Crippen molar-refractivity contribution in [2.45, 2.75) is 38.5 Å². The van der Waals surface area contributed by atoms with Gasteiger partial charge in [0.2, 0.25) is 5.91 Å². The number of benzene rings is 1. The third-order valence-corrected chi connectivity index (χ3v) is 3.23. The fourth-order valence-electron chi connectivity index (χ4n) is 2.24. The van der Waals surface area contributed by atoms with Gasteiger partial charge in [-0.3, -0.25) is 4.79 Å². The van der Waals surface area contributed by atoms with E-state index in [0.29, 0.717) is 6.42 Å². The second-order valence-corrected chi connectivity index (χ2v) is 4.64. The Balaban J connectivity index is 1.94. The summed E-state index contributed by atoms with van der Waals surface area (Å²) in [5, 5.41) is 2.91. The summed E-state index contributed by atoms with van der Waals surface area (Å²) in [5.74, 6) is 0.133. The van der Waals surface area contributed by atoms with Crippen LogP contribution < -0.4 is 11.1 Å². The van der Waals surface area contributed by atoms with Crippen molar-refractivity contribution < 1.29 is 4.79 Å². The number of carbonyl (C=O) groups excluding carboxylic acids is 1. The van der Waals surface area contributed by atoms with Gasteiger partial charge in [-0.25, -0.2) is 0 Å². The van der Waals surface area contributed by atoms with E-state index in [1.54, 1.807) is 0 Å². The molecule has 1 amide bonds. The third-order valence-electron chi connectivity index (χ3n) is 3.23. The lowest BCUT2D eigenvalue weighted by molar-refractivity contribution is -0.116. The number of hydrogen-bond donors (Lipinski definition) is 2. The molecule has 3 heteroatoms. The zero-order valence-electron chi connectivity index (χ0n) is 10.2. The van der Waals surface area contributed by atoms with Crippen molar-refractivity contribution >= 4 is 11.6 Å². The summed E-state index contributed by atoms with van der Waals surface area (Å²) in [6.07, 6.45) is 6.11. The molecule has 2 rings (SSSR count). The van der Waals surface area contributed by atoms with Crippen LogP contribution in [0.1, 0.15) is 36.8 Å². The molecular formula is C14H20N2O. The summed E-state index contributed by atoms with van der Waals surface area (Å²) in [6.45, 7) is 0.788. The average molecular weight is 232 g/mol. The summed E-state index contributed by atoms with van der Waals surface area (Å²) in [5.41, 5.74) is 9.12. The zero-order valence-corrected chi connectivity index (χ0v) is 10.2. The van der Waals surface area contributed by atoms with E-state index < -0.39 is 0 Å². The van der Waals surface area contributed by atoms with Crippen molar-refractivity contribution in [3.63, 3.8) is 0 Å². The molecule has 92 valence electrons. The number of carbonyl (C=O) groups is 1. The number of aryl methyl sites for hydroxylation is 2. The van der Waals surface area contributed by atoms with Gasteiger partial charge in [0.1, 0.15) is 0 Å². The van der Waals surface area contributed by atoms with Gasteiger partial charge in [-0.05, 0) is 49.4 Å². The van der Waals surface area contributed by atoms with Crippen LogP contribution in [0.25, 0.3) is 0 Å². The summed E-state index contributed by atoms with van der Waals surface area (Å²) in [4.78, 5) is 11.2. The lowest BCUT2D eigenvalue weighted by Gasteiger charge is -2.17. The van der Waals surface area contributed by atoms with Gasteiger partial charge in [0.05, 0.1) is 0 Å². The molecule has 1 aromatic rings. The second kappa shape index (κ2) is 5.82. The molecule has 1 aliphatic heterocycles. The van der Waals surface area contributed by atoms with Crippen molar-refractivity contribution in [3.8, 4) is 0 Å². The number of amides is 1. The van der Waals surface area contributed by atoms with Crippen LogP contribution in [-0.2, 0) is 17.6 Å². The van der Waals surface area contributed by atoms with Crippen molar-refractivity contribution in [2.24, 2.45) is 5.73 Å². The molecule has 1 heterocycles. The molecule has 0 saturated heterocycles. The molecule has 0 radical (unpaired) electrons. The average Bonchev–Trinajstić information content (AvgIpc) is 2.35. The van der Waals surface area contributed by atoms with E-state index in [4.69, 9.17) is 5.73 Å². The maximum absolute atomic E-state index is 11.2. The Kier molecular flexibility index (Phi) is 4.15. The first-order chi connectivity index (χ1) is 8.29. The Morgan fingerprint density at radius 3 is 2.88 bits per heavy atom. The molecule has 1 aliphatic rings. The van der Waals surface area contributed by atoms with Gasteiger partial charge in [0.25, 0.3) is 0 Å². The highest BCUT2D eigenvalue weighted by molar-refractivity contribution is 5.93. The molecule has 0 aromatic heterocycles. The predicted octanol–water partition coefficient (Wildman–Crippen LogP) is 2.24. The number of anilines is 1. The van der Waals surface area contributed by atoms with Gasteiger partial charge < -0.3 is 11.1 Å². The van der Waals surface area contributed by atoms with Gasteiger partial charge in [0.15, 0.2) is 0 Å². The summed E-state index contributed by atoms with van der Waals surface area (Å²) >= 11 is 0. The molecule has 3 nitrogen and oxygen atoms in total. The summed E-state index contributed by atoms with van der Waals surface area (Å²) < 4.78 is 0. The van der Waals surface area contributed by atoms with Gasteiger partial charge >= 0.3 is 0 Å². The van der Waals surface area contributed by atoms with Crippen LogP contribution >= 0.6 is 0 Å². The first-order valence-electron chi connectivity index (χ1n) is 6.41. The van der Waals surface area contributed by atoms with E-state index in [9.17, 15) is 4.79 Å². The minimum Gasteiger partial charge on any atom is -0.330 e. The van der Waals surface area contributed by atoms with Crippen LogP contribution in [0.15, 0.2) is 18.2 Å². The molecule has 0 aliphatic carbocycles. The summed E-state index contributed by atoms with van der Waals surface area (Å²) in [6, 6.07) is 6.38. The largest absolute Gasteiger partial charge is 0.330 e. The molecule has 3 N–H and O–H groups in total. The zero-order chi connectivity index (χ0) is 12.1. The van der Waals surface area contributed by atoms with Gasteiger partial charge in [-0.2, -0.15) is 0 Å². The Bertz CT molecular complexity index is 401. The van der Waals surface area contributed by atoms with Crippen LogP contribution in [0.4, 0.5) is 5.69 Å². The fourth-order valence-corrected chi connectivity index (χ4v) is 2.24. The van der Waals surface area contributed by atoms with E-state index in [2.05, 4.69) is 17.4 Å². The Labute approximate surface area is 102 Å². The van der Waals surface area contributed by atoms with Gasteiger partial charge in [-0.15, -0.1) is 0 Å². The monoisotopic (exact) mass is 232 g/mol. The van der Waals surface area contributed by atoms with Crippen molar-refractivity contribution in [2.75, 3.05) is 11.9 Å². The number of nitrogens with two attached hydrogens (primary N) is 1. The SMILES string of the molecule is NCCCCCc1ccc2c(c1)CCC(=O)N2. The molecule has 17 heavy (non-hydrogen) atoms. The molecule has 0 spiro atoms. The van der Waals surface area contributed by atoms with Crippen molar-refractivity contribution in [1.29, 1.82) is 0 Å². The highest BCUT2D eigenvalue weighted by atomic mass is 16.1. The topological polar surface area (TPSA) is 55.1 Å². The Morgan fingerprint density at radius 2 is 2.06 bits per heavy atom. The molecule has 0 unspecified atom stereocenters. The van der Waals surface area contributed by atoms with E-state index in [-0.39, 0.29) is 5.91 Å². The fraction of sp³-hybridized carbons (Fsp3) is 0.500. The second-order valence-electron chi connectivity index (χ2n) is 4.64. The van der Waals surface area contributed by atoms with Crippen LogP contribution in [0.2, 0.25) is 0 Å². The van der Waals surface area contributed by atoms with Crippen LogP contribution in [0, 0.1) is 0 Å². The van der Waals surface area contributed by atoms with Crippen LogP contribution in [-0.4, -0.2) is 12.5 Å². The predicted molar refractivity (Wildman–Crippen MR) is 70.0 cm³/mol. The van der Waals surface area contributed by atoms with Crippen LogP contribution in [0.5, 0.6) is 0 Å². The van der Waals surface area contributed by atoms with Gasteiger partial charge in [-0.1, -0.05) is 18.6 Å². The minimum atomic E-state index is 0.133. The normalized spacial score (nSPS) is 14.3. The standard InChI is InChI=1S/C14H20N2O/c15-9-3-1-2-4-11-5-7-13-12(10-11)6-8-14(17)16-13/h5,7,10H,1-4,6,8-9,15H2,(H,16,17). The molecule has 0 fully saturated rings. The summed E-state index contributed by atoms with van der Waals surface area (Å²) in [7, 11) is 0. The van der Waals surface area contributed by atoms with E-state index in [1.165, 1.54) is 24.0 Å². The number of fused-ring (bicyclic) bond motifs is 1. The first-order valence-corrected chi connectivity index (χ1v) is 6.41. The number of nitrogens with one attached hydrogen (secondary N) is 1. The van der Waals surface area contributed by atoms with Crippen molar-refractivity contribution in [1.82, 2.24) is 0 Å². The van der Waals surface area contributed by atoms with E-state index in [1.807, 2.05) is 6.07 Å². The number of rotatable bonds is 5.